The number of carbonyl (C=O) groups is 2. The molecule has 6 nitrogen and oxygen atoms in total. The van der Waals surface area contributed by atoms with Crippen molar-refractivity contribution >= 4 is 21.7 Å². The van der Waals surface area contributed by atoms with Crippen molar-refractivity contribution in [3.05, 3.63) is 65.0 Å². The summed E-state index contributed by atoms with van der Waals surface area (Å²) in [7, 11) is -3.70. The molecule has 2 aliphatic rings. The number of carbonyl (C=O) groups excluding carboxylic acids is 2. The van der Waals surface area contributed by atoms with Crippen molar-refractivity contribution in [3.8, 4) is 0 Å². The second-order valence-corrected chi connectivity index (χ2v) is 11.3. The molecule has 0 spiro atoms. The number of amides is 2. The smallest absolute Gasteiger partial charge is 0.368 e. The van der Waals surface area contributed by atoms with Crippen molar-refractivity contribution in [2.24, 2.45) is 11.7 Å². The van der Waals surface area contributed by atoms with Crippen LogP contribution in [-0.4, -0.2) is 49.6 Å². The average molecular weight is 531 g/mol. The highest BCUT2D eigenvalue weighted by molar-refractivity contribution is 7.90. The molecule has 2 aromatic rings. The van der Waals surface area contributed by atoms with Crippen LogP contribution in [0.4, 0.5) is 22.0 Å². The number of halogens is 5. The van der Waals surface area contributed by atoms with Gasteiger partial charge in [-0.1, -0.05) is 12.1 Å². The minimum atomic E-state index is -4.82. The number of benzene rings is 2. The van der Waals surface area contributed by atoms with Gasteiger partial charge in [0.25, 0.3) is 5.91 Å². The number of nitrogens with two attached hydrogens (primary N) is 1. The van der Waals surface area contributed by atoms with Gasteiger partial charge in [-0.2, -0.15) is 13.2 Å². The van der Waals surface area contributed by atoms with Crippen molar-refractivity contribution in [2.75, 3.05) is 12.8 Å². The summed E-state index contributed by atoms with van der Waals surface area (Å²) >= 11 is 0. The summed E-state index contributed by atoms with van der Waals surface area (Å²) in [6, 6.07) is 6.74. The lowest BCUT2D eigenvalue weighted by molar-refractivity contribution is -0.138. The summed E-state index contributed by atoms with van der Waals surface area (Å²) in [6.07, 6.45) is -5.36. The van der Waals surface area contributed by atoms with E-state index in [4.69, 9.17) is 5.73 Å². The van der Waals surface area contributed by atoms with Gasteiger partial charge in [0.2, 0.25) is 5.91 Å². The lowest BCUT2D eigenvalue weighted by atomic mass is 9.72. The van der Waals surface area contributed by atoms with Crippen LogP contribution in [0.25, 0.3) is 0 Å². The lowest BCUT2D eigenvalue weighted by Crippen LogP contribution is -2.64. The van der Waals surface area contributed by atoms with Gasteiger partial charge in [0.15, 0.2) is 15.4 Å². The second kappa shape index (κ2) is 8.82. The summed E-state index contributed by atoms with van der Waals surface area (Å²) in [4.78, 5) is 27.2. The Morgan fingerprint density at radius 1 is 1.11 bits per heavy atom. The summed E-state index contributed by atoms with van der Waals surface area (Å²) < 4.78 is 94.1. The third kappa shape index (κ3) is 4.35. The van der Waals surface area contributed by atoms with E-state index in [9.17, 15) is 31.2 Å². The van der Waals surface area contributed by atoms with Gasteiger partial charge in [-0.25, -0.2) is 17.2 Å². The van der Waals surface area contributed by atoms with E-state index in [0.717, 1.165) is 23.3 Å². The van der Waals surface area contributed by atoms with Crippen molar-refractivity contribution in [3.63, 3.8) is 0 Å². The number of sulfone groups is 1. The lowest BCUT2D eigenvalue weighted by Gasteiger charge is -2.43. The molecule has 1 unspecified atom stereocenters. The van der Waals surface area contributed by atoms with E-state index in [0.29, 0.717) is 18.9 Å². The summed E-state index contributed by atoms with van der Waals surface area (Å²) in [5, 5.41) is 0. The van der Waals surface area contributed by atoms with Gasteiger partial charge in [0.1, 0.15) is 12.0 Å². The molecule has 2 amide bonds. The Hall–Kier alpha value is -3.02. The van der Waals surface area contributed by atoms with Crippen LogP contribution in [0, 0.1) is 11.7 Å². The predicted octanol–water partition coefficient (Wildman–Crippen LogP) is 3.85. The van der Waals surface area contributed by atoms with E-state index < -0.39 is 62.8 Å². The van der Waals surface area contributed by atoms with Crippen molar-refractivity contribution in [1.29, 1.82) is 0 Å². The SMILES string of the molecule is CS(=O)(=O)c1cccc(C(=O)N2CCC(F)[C@@]2(C(N)=O)[C@@H](c2ccc(C(F)(F)F)cc2F)C2CC2)c1. The fraction of sp³-hybridized carbons (Fsp3) is 0.417. The molecule has 2 aromatic carbocycles. The van der Waals surface area contributed by atoms with Crippen molar-refractivity contribution in [1.82, 2.24) is 4.90 Å². The predicted molar refractivity (Wildman–Crippen MR) is 119 cm³/mol. The Kier molecular flexibility index (Phi) is 6.39. The third-order valence-electron chi connectivity index (χ3n) is 6.91. The van der Waals surface area contributed by atoms with Gasteiger partial charge in [0.05, 0.1) is 10.5 Å². The molecule has 1 aliphatic heterocycles. The molecule has 1 aliphatic carbocycles. The summed E-state index contributed by atoms with van der Waals surface area (Å²) in [6.45, 7) is -0.280. The van der Waals surface area contributed by atoms with Gasteiger partial charge in [0, 0.05) is 24.3 Å². The highest BCUT2D eigenvalue weighted by Crippen LogP contribution is 2.55. The number of primary amides is 1. The number of likely N-dealkylation sites (tertiary alicyclic amines) is 1. The maximum atomic E-state index is 15.7. The van der Waals surface area contributed by atoms with E-state index in [-0.39, 0.29) is 35.1 Å². The monoisotopic (exact) mass is 530 g/mol. The molecule has 2 fully saturated rings. The molecule has 1 saturated heterocycles. The molecule has 12 heteroatoms. The normalized spacial score (nSPS) is 23.5. The van der Waals surface area contributed by atoms with Crippen LogP contribution in [-0.2, 0) is 20.8 Å². The molecule has 194 valence electrons. The molecule has 4 rings (SSSR count). The fourth-order valence-electron chi connectivity index (χ4n) is 5.14. The first-order valence-corrected chi connectivity index (χ1v) is 13.0. The molecule has 0 bridgehead atoms. The molecule has 1 saturated carbocycles. The molecular weight excluding hydrogens is 507 g/mol. The minimum Gasteiger partial charge on any atom is -0.368 e. The first-order valence-electron chi connectivity index (χ1n) is 11.1. The maximum absolute atomic E-state index is 15.7. The van der Waals surface area contributed by atoms with E-state index in [1.807, 2.05) is 0 Å². The molecule has 2 N–H and O–H groups in total. The van der Waals surface area contributed by atoms with Crippen LogP contribution in [0.3, 0.4) is 0 Å². The van der Waals surface area contributed by atoms with Crippen LogP contribution >= 0.6 is 0 Å². The van der Waals surface area contributed by atoms with Crippen LogP contribution in [0.2, 0.25) is 0 Å². The van der Waals surface area contributed by atoms with Crippen LogP contribution < -0.4 is 5.73 Å². The summed E-state index contributed by atoms with van der Waals surface area (Å²) in [5.41, 5.74) is 1.60. The first kappa shape index (κ1) is 26.1. The number of hydrogen-bond acceptors (Lipinski definition) is 4. The topological polar surface area (TPSA) is 97.5 Å². The Bertz CT molecular complexity index is 1330. The highest BCUT2D eigenvalue weighted by Gasteiger charge is 2.64. The largest absolute Gasteiger partial charge is 0.416 e. The van der Waals surface area contributed by atoms with Gasteiger partial charge in [-0.05, 0) is 61.1 Å². The van der Waals surface area contributed by atoms with E-state index in [2.05, 4.69) is 0 Å². The standard InChI is InChI=1S/C24H23F5N2O4S/c1-36(34,35)16-4-2-3-14(11-16)21(32)31-10-9-19(26)23(31,22(30)33)20(13-5-6-13)17-8-7-15(12-18(17)25)24(27,28)29/h2-4,7-8,11-13,19-20H,5-6,9-10H2,1H3,(H2,30,33)/t19?,20-,23+/m1/s1. The number of alkyl halides is 4. The van der Waals surface area contributed by atoms with Gasteiger partial charge in [-0.3, -0.25) is 9.59 Å². The molecule has 0 radical (unpaired) electrons. The van der Waals surface area contributed by atoms with Gasteiger partial charge < -0.3 is 10.6 Å². The van der Waals surface area contributed by atoms with E-state index in [1.54, 1.807) is 0 Å². The van der Waals surface area contributed by atoms with E-state index in [1.165, 1.54) is 18.2 Å². The van der Waals surface area contributed by atoms with E-state index >= 15 is 8.78 Å². The molecule has 36 heavy (non-hydrogen) atoms. The Balaban J connectivity index is 1.86. The number of rotatable bonds is 6. The van der Waals surface area contributed by atoms with Gasteiger partial charge in [-0.15, -0.1) is 0 Å². The Morgan fingerprint density at radius 3 is 2.31 bits per heavy atom. The fourth-order valence-corrected chi connectivity index (χ4v) is 5.81. The minimum absolute atomic E-state index is 0.153. The molecule has 1 heterocycles. The Morgan fingerprint density at radius 2 is 1.78 bits per heavy atom. The first-order chi connectivity index (χ1) is 16.7. The quantitative estimate of drug-likeness (QED) is 0.574. The number of hydrogen-bond donors (Lipinski definition) is 1. The van der Waals surface area contributed by atoms with Crippen LogP contribution in [0.1, 0.15) is 46.7 Å². The number of nitrogens with zero attached hydrogens (tertiary/aromatic N) is 1. The zero-order valence-electron chi connectivity index (χ0n) is 19.1. The molecular formula is C24H23F5N2O4S. The van der Waals surface area contributed by atoms with Crippen LogP contribution in [0.15, 0.2) is 47.4 Å². The highest BCUT2D eigenvalue weighted by atomic mass is 32.2. The summed E-state index contributed by atoms with van der Waals surface area (Å²) in [5.74, 6) is -5.27. The molecule has 0 aromatic heterocycles. The average Bonchev–Trinajstić information content (AvgIpc) is 3.56. The Labute approximate surface area is 204 Å². The van der Waals surface area contributed by atoms with Gasteiger partial charge >= 0.3 is 6.18 Å². The zero-order valence-corrected chi connectivity index (χ0v) is 19.9. The van der Waals surface area contributed by atoms with Crippen LogP contribution in [0.5, 0.6) is 0 Å². The second-order valence-electron chi connectivity index (χ2n) is 9.25. The third-order valence-corrected chi connectivity index (χ3v) is 8.02. The zero-order chi connectivity index (χ0) is 26.6. The van der Waals surface area contributed by atoms with Crippen molar-refractivity contribution in [2.45, 2.75) is 48.0 Å². The maximum Gasteiger partial charge on any atom is 0.416 e. The molecule has 3 atom stereocenters. The van der Waals surface area contributed by atoms with Crippen molar-refractivity contribution < 1.29 is 40.0 Å².